The van der Waals surface area contributed by atoms with Gasteiger partial charge in [-0.3, -0.25) is 9.10 Å². The van der Waals surface area contributed by atoms with Crippen LogP contribution < -0.4 is 9.62 Å². The highest BCUT2D eigenvalue weighted by molar-refractivity contribution is 7.92. The molecule has 2 aromatic rings. The molecule has 0 aliphatic rings. The van der Waals surface area contributed by atoms with Gasteiger partial charge in [0.15, 0.2) is 0 Å². The normalized spacial score (nSPS) is 12.5. The fourth-order valence-electron chi connectivity index (χ4n) is 2.79. The van der Waals surface area contributed by atoms with Crippen molar-refractivity contribution in [1.29, 1.82) is 0 Å². The molecule has 152 valence electrons. The lowest BCUT2D eigenvalue weighted by Crippen LogP contribution is -2.43. The highest BCUT2D eigenvalue weighted by Crippen LogP contribution is 2.29. The number of aryl methyl sites for hydroxylation is 1. The number of carbonyl (C=O) groups is 1. The van der Waals surface area contributed by atoms with Crippen molar-refractivity contribution in [2.75, 3.05) is 10.8 Å². The molecule has 2 aromatic carbocycles. The summed E-state index contributed by atoms with van der Waals surface area (Å²) < 4.78 is 27.6. The first-order valence-electron chi connectivity index (χ1n) is 8.98. The molecule has 1 atom stereocenters. The molecule has 0 saturated carbocycles. The number of nitrogens with zero attached hydrogens (tertiary/aromatic N) is 1. The van der Waals surface area contributed by atoms with Crippen LogP contribution in [0.15, 0.2) is 47.4 Å². The van der Waals surface area contributed by atoms with Crippen molar-refractivity contribution in [2.24, 2.45) is 0 Å². The molecule has 0 spiro atoms. The molecule has 28 heavy (non-hydrogen) atoms. The third-order valence-corrected chi connectivity index (χ3v) is 6.39. The zero-order chi connectivity index (χ0) is 20.9. The zero-order valence-corrected chi connectivity index (χ0v) is 18.4. The molecule has 0 aliphatic carbocycles. The molecule has 0 heterocycles. The molecular weight excluding hydrogens is 419 g/mol. The summed E-state index contributed by atoms with van der Waals surface area (Å²) in [6.45, 7) is 5.40. The molecule has 1 amide bonds. The summed E-state index contributed by atoms with van der Waals surface area (Å²) in [4.78, 5) is 12.6. The van der Waals surface area contributed by atoms with E-state index in [4.69, 9.17) is 23.2 Å². The van der Waals surface area contributed by atoms with E-state index in [0.29, 0.717) is 0 Å². The lowest BCUT2D eigenvalue weighted by Gasteiger charge is -2.25. The third-order valence-electron chi connectivity index (χ3n) is 4.16. The highest BCUT2D eigenvalue weighted by atomic mass is 35.5. The molecule has 0 aromatic heterocycles. The van der Waals surface area contributed by atoms with Crippen LogP contribution >= 0.6 is 23.2 Å². The Kier molecular flexibility index (Phi) is 7.75. The smallest absolute Gasteiger partial charge is 0.264 e. The van der Waals surface area contributed by atoms with E-state index >= 15 is 0 Å². The van der Waals surface area contributed by atoms with Crippen LogP contribution in [-0.4, -0.2) is 26.9 Å². The van der Waals surface area contributed by atoms with Crippen molar-refractivity contribution in [3.63, 3.8) is 0 Å². The van der Waals surface area contributed by atoms with E-state index in [2.05, 4.69) is 5.32 Å². The fourth-order valence-corrected chi connectivity index (χ4v) is 4.71. The average Bonchev–Trinajstić information content (AvgIpc) is 2.59. The Morgan fingerprint density at radius 3 is 2.21 bits per heavy atom. The molecule has 2 rings (SSSR count). The van der Waals surface area contributed by atoms with Crippen molar-refractivity contribution in [1.82, 2.24) is 5.32 Å². The first-order valence-corrected chi connectivity index (χ1v) is 11.2. The van der Waals surface area contributed by atoms with Gasteiger partial charge in [-0.2, -0.15) is 0 Å². The van der Waals surface area contributed by atoms with Crippen LogP contribution in [0.2, 0.25) is 10.0 Å². The predicted octanol–water partition coefficient (Wildman–Crippen LogP) is 4.80. The number of halogens is 2. The topological polar surface area (TPSA) is 66.5 Å². The number of sulfonamides is 1. The van der Waals surface area contributed by atoms with E-state index in [1.807, 2.05) is 20.8 Å². The second-order valence-corrected chi connectivity index (χ2v) is 9.44. The fraction of sp³-hybridized carbons (Fsp3) is 0.350. The summed E-state index contributed by atoms with van der Waals surface area (Å²) in [5, 5.41) is 3.40. The second kappa shape index (κ2) is 9.63. The Balaban J connectivity index is 2.43. The lowest BCUT2D eigenvalue weighted by atomic mass is 10.2. The Labute approximate surface area is 176 Å². The van der Waals surface area contributed by atoms with Crippen LogP contribution in [0.25, 0.3) is 0 Å². The number of amides is 1. The molecular formula is C20H24Cl2N2O3S. The number of nitrogens with one attached hydrogen (secondary N) is 1. The standard InChI is InChI=1S/C20H24Cl2N2O3S/c1-4-5-15(3)23-20(25)13-24(18-11-16(21)10-17(22)12-18)28(26,27)19-8-6-14(2)7-9-19/h6-12,15H,4-5,13H2,1-3H3,(H,23,25)/t15-/m1/s1. The van der Waals surface area contributed by atoms with Gasteiger partial charge in [0.1, 0.15) is 6.54 Å². The van der Waals surface area contributed by atoms with E-state index in [0.717, 1.165) is 22.7 Å². The van der Waals surface area contributed by atoms with Crippen LogP contribution in [-0.2, 0) is 14.8 Å². The summed E-state index contributed by atoms with van der Waals surface area (Å²) in [5.41, 5.74) is 1.17. The summed E-state index contributed by atoms with van der Waals surface area (Å²) in [6, 6.07) is 10.8. The molecule has 0 fully saturated rings. The van der Waals surface area contributed by atoms with Crippen molar-refractivity contribution >= 4 is 44.8 Å². The van der Waals surface area contributed by atoms with Crippen LogP contribution in [0.3, 0.4) is 0 Å². The van der Waals surface area contributed by atoms with Gasteiger partial charge in [0.2, 0.25) is 5.91 Å². The zero-order valence-electron chi connectivity index (χ0n) is 16.1. The minimum atomic E-state index is -3.99. The number of hydrogen-bond acceptors (Lipinski definition) is 3. The summed E-state index contributed by atoms with van der Waals surface area (Å²) >= 11 is 12.1. The van der Waals surface area contributed by atoms with Crippen molar-refractivity contribution in [3.8, 4) is 0 Å². The van der Waals surface area contributed by atoms with Gasteiger partial charge in [-0.15, -0.1) is 0 Å². The van der Waals surface area contributed by atoms with Gasteiger partial charge in [0.25, 0.3) is 10.0 Å². The highest BCUT2D eigenvalue weighted by Gasteiger charge is 2.28. The van der Waals surface area contributed by atoms with Crippen LogP contribution in [0.4, 0.5) is 5.69 Å². The maximum atomic E-state index is 13.3. The largest absolute Gasteiger partial charge is 0.352 e. The molecule has 1 N–H and O–H groups in total. The van der Waals surface area contributed by atoms with Gasteiger partial charge in [-0.1, -0.05) is 54.2 Å². The minimum absolute atomic E-state index is 0.0515. The molecule has 5 nitrogen and oxygen atoms in total. The molecule has 0 unspecified atom stereocenters. The van der Waals surface area contributed by atoms with Gasteiger partial charge in [-0.25, -0.2) is 8.42 Å². The van der Waals surface area contributed by atoms with Crippen LogP contribution in [0, 0.1) is 6.92 Å². The maximum absolute atomic E-state index is 13.3. The van der Waals surface area contributed by atoms with E-state index in [9.17, 15) is 13.2 Å². The number of benzene rings is 2. The van der Waals surface area contributed by atoms with Gasteiger partial charge < -0.3 is 5.32 Å². The van der Waals surface area contributed by atoms with Crippen molar-refractivity contribution < 1.29 is 13.2 Å². The quantitative estimate of drug-likeness (QED) is 0.637. The van der Waals surface area contributed by atoms with E-state index in [1.165, 1.54) is 30.3 Å². The third kappa shape index (κ3) is 5.87. The molecule has 0 bridgehead atoms. The van der Waals surface area contributed by atoms with E-state index in [-0.39, 0.29) is 33.2 Å². The van der Waals surface area contributed by atoms with Crippen LogP contribution in [0.5, 0.6) is 0 Å². The molecule has 0 saturated heterocycles. The molecule has 8 heteroatoms. The second-order valence-electron chi connectivity index (χ2n) is 6.71. The average molecular weight is 443 g/mol. The number of rotatable bonds is 8. The maximum Gasteiger partial charge on any atom is 0.264 e. The Hall–Kier alpha value is -1.76. The Morgan fingerprint density at radius 2 is 1.68 bits per heavy atom. The number of hydrogen-bond donors (Lipinski definition) is 1. The monoisotopic (exact) mass is 442 g/mol. The van der Waals surface area contributed by atoms with Gasteiger partial charge in [0, 0.05) is 16.1 Å². The Morgan fingerprint density at radius 1 is 1.11 bits per heavy atom. The summed E-state index contributed by atoms with van der Waals surface area (Å²) in [6.07, 6.45) is 1.72. The van der Waals surface area contributed by atoms with E-state index in [1.54, 1.807) is 12.1 Å². The minimum Gasteiger partial charge on any atom is -0.352 e. The van der Waals surface area contributed by atoms with Gasteiger partial charge in [0.05, 0.1) is 10.6 Å². The van der Waals surface area contributed by atoms with Crippen molar-refractivity contribution in [2.45, 2.75) is 44.6 Å². The predicted molar refractivity (Wildman–Crippen MR) is 115 cm³/mol. The van der Waals surface area contributed by atoms with Crippen molar-refractivity contribution in [3.05, 3.63) is 58.1 Å². The van der Waals surface area contributed by atoms with Crippen LogP contribution in [0.1, 0.15) is 32.3 Å². The molecule has 0 radical (unpaired) electrons. The number of anilines is 1. The summed E-state index contributed by atoms with van der Waals surface area (Å²) in [5.74, 6) is -0.396. The lowest BCUT2D eigenvalue weighted by molar-refractivity contribution is -0.120. The van der Waals surface area contributed by atoms with Gasteiger partial charge >= 0.3 is 0 Å². The Bertz CT molecular complexity index is 911. The molecule has 0 aliphatic heterocycles. The number of carbonyl (C=O) groups excluding carboxylic acids is 1. The van der Waals surface area contributed by atoms with E-state index < -0.39 is 15.9 Å². The summed E-state index contributed by atoms with van der Waals surface area (Å²) in [7, 11) is -3.99. The SMILES string of the molecule is CCC[C@@H](C)NC(=O)CN(c1cc(Cl)cc(Cl)c1)S(=O)(=O)c1ccc(C)cc1. The van der Waals surface area contributed by atoms with Gasteiger partial charge in [-0.05, 0) is 50.6 Å². The first-order chi connectivity index (χ1) is 13.1. The first kappa shape index (κ1) is 22.5.